The first-order chi connectivity index (χ1) is 10.4. The van der Waals surface area contributed by atoms with Crippen molar-refractivity contribution in [1.82, 2.24) is 4.90 Å². The molecule has 122 valence electrons. The molecule has 1 aliphatic rings. The van der Waals surface area contributed by atoms with E-state index in [0.29, 0.717) is 37.7 Å². The molecule has 1 saturated heterocycles. The van der Waals surface area contributed by atoms with E-state index < -0.39 is 10.0 Å². The average Bonchev–Trinajstić information content (AvgIpc) is 2.47. The van der Waals surface area contributed by atoms with E-state index in [1.165, 1.54) is 13.2 Å². The van der Waals surface area contributed by atoms with Gasteiger partial charge in [0.15, 0.2) is 0 Å². The molecule has 0 aliphatic carbocycles. The number of sulfonamides is 1. The summed E-state index contributed by atoms with van der Waals surface area (Å²) in [6, 6.07) is 4.49. The lowest BCUT2D eigenvalue weighted by Gasteiger charge is -2.27. The zero-order valence-electron chi connectivity index (χ0n) is 12.5. The van der Waals surface area contributed by atoms with E-state index in [1.807, 2.05) is 0 Å². The summed E-state index contributed by atoms with van der Waals surface area (Å²) in [5.74, 6) is 0.370. The van der Waals surface area contributed by atoms with E-state index in [9.17, 15) is 13.2 Å². The van der Waals surface area contributed by atoms with Gasteiger partial charge in [-0.05, 0) is 18.2 Å². The average molecular weight is 329 g/mol. The van der Waals surface area contributed by atoms with E-state index in [1.54, 1.807) is 17.0 Å². The molecule has 0 aromatic heterocycles. The molecular formula is C13H19N3O5S. The van der Waals surface area contributed by atoms with Crippen molar-refractivity contribution < 1.29 is 22.7 Å². The second-order valence-electron chi connectivity index (χ2n) is 4.82. The molecular weight excluding hydrogens is 310 g/mol. The number of hydrogen-bond donors (Lipinski definition) is 2. The number of nitrogens with zero attached hydrogens (tertiary/aromatic N) is 1. The molecule has 0 atom stereocenters. The van der Waals surface area contributed by atoms with Gasteiger partial charge in [0.1, 0.15) is 5.75 Å². The number of carbonyl (C=O) groups is 1. The molecule has 0 radical (unpaired) electrons. The minimum absolute atomic E-state index is 0.251. The third-order valence-electron chi connectivity index (χ3n) is 3.04. The number of urea groups is 1. The number of nitrogens with one attached hydrogen (secondary N) is 2. The molecule has 2 amide bonds. The summed E-state index contributed by atoms with van der Waals surface area (Å²) in [6.45, 7) is 2.07. The van der Waals surface area contributed by atoms with Crippen LogP contribution in [0.15, 0.2) is 18.2 Å². The summed E-state index contributed by atoms with van der Waals surface area (Å²) in [7, 11) is -2.01. The SMILES string of the molecule is COc1ccc(NC(=O)N2CCOCC2)cc1NS(C)(=O)=O. The predicted octanol–water partition coefficient (Wildman–Crippen LogP) is 0.931. The van der Waals surface area contributed by atoms with E-state index in [-0.39, 0.29) is 11.7 Å². The van der Waals surface area contributed by atoms with Crippen LogP contribution in [0, 0.1) is 0 Å². The Bertz CT molecular complexity index is 641. The Morgan fingerprint density at radius 2 is 2.00 bits per heavy atom. The first-order valence-electron chi connectivity index (χ1n) is 6.68. The van der Waals surface area contributed by atoms with Crippen LogP contribution in [-0.4, -0.2) is 59.0 Å². The topological polar surface area (TPSA) is 97.0 Å². The van der Waals surface area contributed by atoms with Crippen molar-refractivity contribution in [2.24, 2.45) is 0 Å². The maximum atomic E-state index is 12.1. The van der Waals surface area contributed by atoms with Gasteiger partial charge in [-0.15, -0.1) is 0 Å². The normalized spacial score (nSPS) is 15.3. The van der Waals surface area contributed by atoms with Crippen molar-refractivity contribution in [1.29, 1.82) is 0 Å². The fourth-order valence-corrected chi connectivity index (χ4v) is 2.59. The number of benzene rings is 1. The van der Waals surface area contributed by atoms with Crippen LogP contribution in [0.1, 0.15) is 0 Å². The molecule has 1 fully saturated rings. The summed E-state index contributed by atoms with van der Waals surface area (Å²) in [4.78, 5) is 13.7. The van der Waals surface area contributed by atoms with Crippen LogP contribution < -0.4 is 14.8 Å². The third kappa shape index (κ3) is 4.50. The number of morpholine rings is 1. The Morgan fingerprint density at radius 3 is 2.59 bits per heavy atom. The Balaban J connectivity index is 2.14. The van der Waals surface area contributed by atoms with Crippen LogP contribution >= 0.6 is 0 Å². The number of anilines is 2. The predicted molar refractivity (Wildman–Crippen MR) is 82.9 cm³/mol. The molecule has 1 aromatic rings. The van der Waals surface area contributed by atoms with Crippen molar-refractivity contribution >= 4 is 27.4 Å². The van der Waals surface area contributed by atoms with Gasteiger partial charge in [0.2, 0.25) is 10.0 Å². The lowest BCUT2D eigenvalue weighted by Crippen LogP contribution is -2.43. The highest BCUT2D eigenvalue weighted by atomic mass is 32.2. The molecule has 8 nitrogen and oxygen atoms in total. The first kappa shape index (κ1) is 16.4. The Hall–Kier alpha value is -2.00. The highest BCUT2D eigenvalue weighted by molar-refractivity contribution is 7.92. The summed E-state index contributed by atoms with van der Waals surface area (Å²) < 4.78 is 35.4. The second-order valence-corrected chi connectivity index (χ2v) is 6.57. The number of rotatable bonds is 4. The van der Waals surface area contributed by atoms with Crippen molar-refractivity contribution in [3.05, 3.63) is 18.2 Å². The number of hydrogen-bond acceptors (Lipinski definition) is 5. The molecule has 1 heterocycles. The van der Waals surface area contributed by atoms with E-state index in [2.05, 4.69) is 10.0 Å². The highest BCUT2D eigenvalue weighted by Crippen LogP contribution is 2.28. The van der Waals surface area contributed by atoms with Gasteiger partial charge in [-0.25, -0.2) is 13.2 Å². The van der Waals surface area contributed by atoms with E-state index in [0.717, 1.165) is 6.26 Å². The molecule has 9 heteroatoms. The van der Waals surface area contributed by atoms with Gasteiger partial charge in [-0.2, -0.15) is 0 Å². The van der Waals surface area contributed by atoms with Crippen LogP contribution in [-0.2, 0) is 14.8 Å². The first-order valence-corrected chi connectivity index (χ1v) is 8.58. The largest absolute Gasteiger partial charge is 0.495 e. The third-order valence-corrected chi connectivity index (χ3v) is 3.64. The zero-order valence-corrected chi connectivity index (χ0v) is 13.3. The number of carbonyl (C=O) groups excluding carboxylic acids is 1. The summed E-state index contributed by atoms with van der Waals surface area (Å²) in [5.41, 5.74) is 0.744. The van der Waals surface area contributed by atoms with Crippen LogP contribution in [0.25, 0.3) is 0 Å². The summed E-state index contributed by atoms with van der Waals surface area (Å²) in [6.07, 6.45) is 1.05. The fourth-order valence-electron chi connectivity index (χ4n) is 2.03. The summed E-state index contributed by atoms with van der Waals surface area (Å²) in [5, 5.41) is 2.73. The minimum Gasteiger partial charge on any atom is -0.495 e. The standard InChI is InChI=1S/C13H19N3O5S/c1-20-12-4-3-10(9-11(12)15-22(2,18)19)14-13(17)16-5-7-21-8-6-16/h3-4,9,15H,5-8H2,1-2H3,(H,14,17). The Kier molecular flexibility index (Phi) is 5.09. The summed E-state index contributed by atoms with van der Waals surface area (Å²) >= 11 is 0. The molecule has 1 aromatic carbocycles. The van der Waals surface area contributed by atoms with Gasteiger partial charge in [0, 0.05) is 18.8 Å². The van der Waals surface area contributed by atoms with Gasteiger partial charge in [0.25, 0.3) is 0 Å². The van der Waals surface area contributed by atoms with Crippen LogP contribution in [0.3, 0.4) is 0 Å². The smallest absolute Gasteiger partial charge is 0.322 e. The van der Waals surface area contributed by atoms with Crippen LogP contribution in [0.2, 0.25) is 0 Å². The second kappa shape index (κ2) is 6.84. The van der Waals surface area contributed by atoms with Crippen molar-refractivity contribution in [2.75, 3.05) is 49.7 Å². The van der Waals surface area contributed by atoms with Crippen molar-refractivity contribution in [3.63, 3.8) is 0 Å². The van der Waals surface area contributed by atoms with Crippen LogP contribution in [0.4, 0.5) is 16.2 Å². The molecule has 2 rings (SSSR count). The van der Waals surface area contributed by atoms with Crippen LogP contribution in [0.5, 0.6) is 5.75 Å². The maximum Gasteiger partial charge on any atom is 0.322 e. The number of amides is 2. The van der Waals surface area contributed by atoms with E-state index in [4.69, 9.17) is 9.47 Å². The number of ether oxygens (including phenoxy) is 2. The molecule has 0 bridgehead atoms. The zero-order chi connectivity index (χ0) is 16.2. The Morgan fingerprint density at radius 1 is 1.32 bits per heavy atom. The molecule has 2 N–H and O–H groups in total. The van der Waals surface area contributed by atoms with Gasteiger partial charge >= 0.3 is 6.03 Å². The van der Waals surface area contributed by atoms with Crippen molar-refractivity contribution in [2.45, 2.75) is 0 Å². The van der Waals surface area contributed by atoms with Crippen molar-refractivity contribution in [3.8, 4) is 5.75 Å². The molecule has 0 spiro atoms. The van der Waals surface area contributed by atoms with Gasteiger partial charge in [0.05, 0.1) is 32.3 Å². The van der Waals surface area contributed by atoms with Gasteiger partial charge in [-0.1, -0.05) is 0 Å². The van der Waals surface area contributed by atoms with Gasteiger partial charge in [-0.3, -0.25) is 4.72 Å². The molecule has 22 heavy (non-hydrogen) atoms. The minimum atomic E-state index is -3.45. The fraction of sp³-hybridized carbons (Fsp3) is 0.462. The molecule has 1 aliphatic heterocycles. The lowest BCUT2D eigenvalue weighted by molar-refractivity contribution is 0.0564. The highest BCUT2D eigenvalue weighted by Gasteiger charge is 2.17. The molecule has 0 saturated carbocycles. The monoisotopic (exact) mass is 329 g/mol. The quantitative estimate of drug-likeness (QED) is 0.856. The van der Waals surface area contributed by atoms with E-state index >= 15 is 0 Å². The lowest BCUT2D eigenvalue weighted by atomic mass is 10.2. The number of methoxy groups -OCH3 is 1. The molecule has 0 unspecified atom stereocenters. The maximum absolute atomic E-state index is 12.1. The van der Waals surface area contributed by atoms with Gasteiger partial charge < -0.3 is 19.7 Å². The Labute approximate surface area is 129 Å².